The van der Waals surface area contributed by atoms with Crippen molar-refractivity contribution in [2.45, 2.75) is 46.4 Å². The molecule has 0 spiro atoms. The van der Waals surface area contributed by atoms with Gasteiger partial charge < -0.3 is 14.6 Å². The van der Waals surface area contributed by atoms with Crippen molar-refractivity contribution in [2.24, 2.45) is 0 Å². The zero-order valence-corrected chi connectivity index (χ0v) is 14.1. The first-order chi connectivity index (χ1) is 9.90. The Balaban J connectivity index is 2.23. The van der Waals surface area contributed by atoms with Gasteiger partial charge in [0.1, 0.15) is 0 Å². The third-order valence-electron chi connectivity index (χ3n) is 3.36. The van der Waals surface area contributed by atoms with Crippen LogP contribution in [0.15, 0.2) is 24.4 Å². The predicted octanol–water partition coefficient (Wildman–Crippen LogP) is 4.22. The third kappa shape index (κ3) is 4.47. The van der Waals surface area contributed by atoms with Gasteiger partial charge in [0.25, 0.3) is 0 Å². The molecule has 0 bridgehead atoms. The Bertz CT molecular complexity index is 599. The third-order valence-corrected chi connectivity index (χ3v) is 3.59. The number of ether oxygens (including phenoxy) is 1. The maximum atomic E-state index is 6.15. The van der Waals surface area contributed by atoms with Gasteiger partial charge in [0.15, 0.2) is 0 Å². The molecule has 0 aliphatic carbocycles. The summed E-state index contributed by atoms with van der Waals surface area (Å²) in [5.74, 6) is 0. The highest BCUT2D eigenvalue weighted by Gasteiger charge is 2.12. The van der Waals surface area contributed by atoms with Crippen LogP contribution in [-0.2, 0) is 17.8 Å². The van der Waals surface area contributed by atoms with Gasteiger partial charge in [-0.2, -0.15) is 0 Å². The molecule has 0 amide bonds. The lowest BCUT2D eigenvalue weighted by Crippen LogP contribution is -2.21. The molecule has 0 aliphatic heterocycles. The molecule has 0 saturated heterocycles. The number of rotatable bonds is 6. The molecule has 1 N–H and O–H groups in total. The van der Waals surface area contributed by atoms with Crippen molar-refractivity contribution in [3.63, 3.8) is 0 Å². The van der Waals surface area contributed by atoms with Gasteiger partial charge in [0.2, 0.25) is 0 Å². The average Bonchev–Trinajstić information content (AvgIpc) is 2.72. The number of halogens is 1. The van der Waals surface area contributed by atoms with Crippen molar-refractivity contribution in [1.82, 2.24) is 9.88 Å². The number of hydrogen-bond donors (Lipinski definition) is 1. The molecular formula is C17H25ClN2O. The molecule has 1 heterocycles. The number of nitrogens with zero attached hydrogens (tertiary/aromatic N) is 1. The average molecular weight is 309 g/mol. The molecule has 4 heteroatoms. The second-order valence-corrected chi connectivity index (χ2v) is 6.69. The summed E-state index contributed by atoms with van der Waals surface area (Å²) in [7, 11) is 0. The first-order valence-electron chi connectivity index (χ1n) is 7.52. The van der Waals surface area contributed by atoms with E-state index in [0.29, 0.717) is 6.61 Å². The van der Waals surface area contributed by atoms with E-state index in [1.54, 1.807) is 0 Å². The first kappa shape index (κ1) is 16.3. The number of nitrogens with one attached hydrogen (secondary N) is 1. The van der Waals surface area contributed by atoms with Crippen LogP contribution in [0.2, 0.25) is 5.02 Å². The van der Waals surface area contributed by atoms with E-state index < -0.39 is 0 Å². The van der Waals surface area contributed by atoms with E-state index in [9.17, 15) is 0 Å². The zero-order chi connectivity index (χ0) is 15.5. The maximum absolute atomic E-state index is 6.15. The minimum Gasteiger partial charge on any atom is -0.374 e. The standard InChI is InChI=1S/C17H25ClN2O/c1-5-19-11-13-12-20(8-9-21-17(2,3)4)16-10-14(18)6-7-15(13)16/h6-7,10,12,19H,5,8-9,11H2,1-4H3. The monoisotopic (exact) mass is 308 g/mol. The van der Waals surface area contributed by atoms with E-state index in [0.717, 1.165) is 24.7 Å². The summed E-state index contributed by atoms with van der Waals surface area (Å²) in [6, 6.07) is 6.09. The van der Waals surface area contributed by atoms with E-state index in [2.05, 4.69) is 49.8 Å². The smallest absolute Gasteiger partial charge is 0.0652 e. The number of fused-ring (bicyclic) bond motifs is 1. The van der Waals surface area contributed by atoms with Gasteiger partial charge in [-0.25, -0.2) is 0 Å². The van der Waals surface area contributed by atoms with Crippen molar-refractivity contribution < 1.29 is 4.74 Å². The number of benzene rings is 1. The van der Waals surface area contributed by atoms with E-state index in [-0.39, 0.29) is 5.60 Å². The van der Waals surface area contributed by atoms with E-state index >= 15 is 0 Å². The van der Waals surface area contributed by atoms with Crippen LogP contribution in [0.3, 0.4) is 0 Å². The molecular weight excluding hydrogens is 284 g/mol. The van der Waals surface area contributed by atoms with E-state index in [1.807, 2.05) is 12.1 Å². The molecule has 0 aliphatic rings. The van der Waals surface area contributed by atoms with E-state index in [1.165, 1.54) is 16.5 Å². The fraction of sp³-hybridized carbons (Fsp3) is 0.529. The van der Waals surface area contributed by atoms with Crippen LogP contribution in [-0.4, -0.2) is 23.3 Å². The summed E-state index contributed by atoms with van der Waals surface area (Å²) in [5, 5.41) is 5.42. The highest BCUT2D eigenvalue weighted by Crippen LogP contribution is 2.25. The number of aromatic nitrogens is 1. The van der Waals surface area contributed by atoms with Crippen LogP contribution in [0.25, 0.3) is 10.9 Å². The van der Waals surface area contributed by atoms with Crippen molar-refractivity contribution in [1.29, 1.82) is 0 Å². The largest absolute Gasteiger partial charge is 0.374 e. The second-order valence-electron chi connectivity index (χ2n) is 6.25. The molecule has 0 fully saturated rings. The molecule has 2 aromatic rings. The van der Waals surface area contributed by atoms with Gasteiger partial charge >= 0.3 is 0 Å². The summed E-state index contributed by atoms with van der Waals surface area (Å²) in [5.41, 5.74) is 2.37. The maximum Gasteiger partial charge on any atom is 0.0652 e. The molecule has 0 atom stereocenters. The quantitative estimate of drug-likeness (QED) is 0.864. The van der Waals surface area contributed by atoms with Crippen LogP contribution >= 0.6 is 11.6 Å². The predicted molar refractivity (Wildman–Crippen MR) is 90.0 cm³/mol. The molecule has 0 unspecified atom stereocenters. The van der Waals surface area contributed by atoms with Crippen LogP contribution in [0.4, 0.5) is 0 Å². The van der Waals surface area contributed by atoms with Gasteiger partial charge in [-0.3, -0.25) is 0 Å². The summed E-state index contributed by atoms with van der Waals surface area (Å²) in [4.78, 5) is 0. The molecule has 1 aromatic heterocycles. The lowest BCUT2D eigenvalue weighted by molar-refractivity contribution is -0.00645. The Kier molecular flexibility index (Phi) is 5.31. The van der Waals surface area contributed by atoms with Crippen LogP contribution < -0.4 is 5.32 Å². The molecule has 2 rings (SSSR count). The molecule has 1 aromatic carbocycles. The summed E-state index contributed by atoms with van der Waals surface area (Å²) >= 11 is 6.15. The minimum atomic E-state index is -0.104. The fourth-order valence-corrected chi connectivity index (χ4v) is 2.54. The molecule has 21 heavy (non-hydrogen) atoms. The topological polar surface area (TPSA) is 26.2 Å². The fourth-order valence-electron chi connectivity index (χ4n) is 2.38. The highest BCUT2D eigenvalue weighted by atomic mass is 35.5. The zero-order valence-electron chi connectivity index (χ0n) is 13.4. The lowest BCUT2D eigenvalue weighted by Gasteiger charge is -2.19. The summed E-state index contributed by atoms with van der Waals surface area (Å²) in [6.07, 6.45) is 2.20. The molecule has 0 radical (unpaired) electrons. The second kappa shape index (κ2) is 6.82. The van der Waals surface area contributed by atoms with Gasteiger partial charge in [0, 0.05) is 35.2 Å². The van der Waals surface area contributed by atoms with Crippen LogP contribution in [0.1, 0.15) is 33.3 Å². The molecule has 3 nitrogen and oxygen atoms in total. The van der Waals surface area contributed by atoms with E-state index in [4.69, 9.17) is 16.3 Å². The Morgan fingerprint density at radius 3 is 2.71 bits per heavy atom. The van der Waals surface area contributed by atoms with Crippen LogP contribution in [0, 0.1) is 0 Å². The minimum absolute atomic E-state index is 0.104. The SMILES string of the molecule is CCNCc1cn(CCOC(C)(C)C)c2cc(Cl)ccc12. The molecule has 116 valence electrons. The van der Waals surface area contributed by atoms with Crippen molar-refractivity contribution >= 4 is 22.5 Å². The lowest BCUT2D eigenvalue weighted by atomic mass is 10.2. The normalized spacial score (nSPS) is 12.2. The van der Waals surface area contributed by atoms with Gasteiger partial charge in [0.05, 0.1) is 12.2 Å². The molecule has 0 saturated carbocycles. The van der Waals surface area contributed by atoms with Crippen LogP contribution in [0.5, 0.6) is 0 Å². The number of hydrogen-bond acceptors (Lipinski definition) is 2. The Labute approximate surface area is 132 Å². The summed E-state index contributed by atoms with van der Waals surface area (Å²) < 4.78 is 8.07. The van der Waals surface area contributed by atoms with Gasteiger partial charge in [-0.15, -0.1) is 0 Å². The summed E-state index contributed by atoms with van der Waals surface area (Å²) in [6.45, 7) is 11.7. The van der Waals surface area contributed by atoms with Gasteiger partial charge in [-0.1, -0.05) is 24.6 Å². The first-order valence-corrected chi connectivity index (χ1v) is 7.90. The Hall–Kier alpha value is -1.03. The van der Waals surface area contributed by atoms with Crippen molar-refractivity contribution in [2.75, 3.05) is 13.2 Å². The Morgan fingerprint density at radius 1 is 1.29 bits per heavy atom. The highest BCUT2D eigenvalue weighted by molar-refractivity contribution is 6.31. The Morgan fingerprint density at radius 2 is 2.05 bits per heavy atom. The van der Waals surface area contributed by atoms with Gasteiger partial charge in [-0.05, 0) is 45.0 Å². The van der Waals surface area contributed by atoms with Crippen molar-refractivity contribution in [3.05, 3.63) is 35.0 Å². The van der Waals surface area contributed by atoms with Crippen molar-refractivity contribution in [3.8, 4) is 0 Å².